The third-order valence-corrected chi connectivity index (χ3v) is 5.50. The molecule has 0 bridgehead atoms. The van der Waals surface area contributed by atoms with Crippen LogP contribution < -0.4 is 9.64 Å². The number of hydrogen-bond donors (Lipinski definition) is 1. The predicted octanol–water partition coefficient (Wildman–Crippen LogP) is 3.99. The molecule has 2 heterocycles. The molecule has 0 spiro atoms. The molecule has 1 N–H and O–H groups in total. The van der Waals surface area contributed by atoms with E-state index in [0.29, 0.717) is 11.6 Å². The van der Waals surface area contributed by atoms with Gasteiger partial charge < -0.3 is 19.2 Å². The summed E-state index contributed by atoms with van der Waals surface area (Å²) < 4.78 is 11.3. The number of para-hydroxylation sites is 2. The van der Waals surface area contributed by atoms with Crippen molar-refractivity contribution in [3.63, 3.8) is 0 Å². The van der Waals surface area contributed by atoms with Gasteiger partial charge in [-0.15, -0.1) is 0 Å². The smallest absolute Gasteiger partial charge is 0.226 e. The Balaban J connectivity index is 1.42. The highest BCUT2D eigenvalue weighted by Crippen LogP contribution is 2.29. The summed E-state index contributed by atoms with van der Waals surface area (Å²) in [6.45, 7) is 8.33. The van der Waals surface area contributed by atoms with E-state index < -0.39 is 0 Å². The number of benzene rings is 2. The van der Waals surface area contributed by atoms with Crippen LogP contribution in [0.15, 0.2) is 46.9 Å². The minimum Gasteiger partial charge on any atom is -0.506 e. The SMILES string of the molecule is COc1ccc(-c2nc(CN3CCN(c4ccccc4O)CC3)c(C)o2)cc1C. The second kappa shape index (κ2) is 8.17. The molecule has 2 aromatic carbocycles. The number of aryl methyl sites for hydroxylation is 2. The number of nitrogens with zero attached hydrogens (tertiary/aromatic N) is 3. The second-order valence-corrected chi connectivity index (χ2v) is 7.46. The van der Waals surface area contributed by atoms with Crippen molar-refractivity contribution in [1.82, 2.24) is 9.88 Å². The molecule has 0 unspecified atom stereocenters. The van der Waals surface area contributed by atoms with Crippen LogP contribution in [-0.2, 0) is 6.54 Å². The van der Waals surface area contributed by atoms with Gasteiger partial charge in [0.15, 0.2) is 0 Å². The lowest BCUT2D eigenvalue weighted by Crippen LogP contribution is -2.46. The van der Waals surface area contributed by atoms with Gasteiger partial charge in [-0.2, -0.15) is 0 Å². The van der Waals surface area contributed by atoms with Gasteiger partial charge in [0.25, 0.3) is 0 Å². The number of anilines is 1. The molecule has 1 saturated heterocycles. The topological polar surface area (TPSA) is 62.0 Å². The van der Waals surface area contributed by atoms with Gasteiger partial charge in [-0.3, -0.25) is 4.90 Å². The summed E-state index contributed by atoms with van der Waals surface area (Å²) >= 11 is 0. The molecular weight excluding hydrogens is 366 g/mol. The third kappa shape index (κ3) is 4.07. The Morgan fingerprint density at radius 3 is 2.52 bits per heavy atom. The number of ether oxygens (including phenoxy) is 1. The van der Waals surface area contributed by atoms with Gasteiger partial charge >= 0.3 is 0 Å². The zero-order valence-corrected chi connectivity index (χ0v) is 17.2. The van der Waals surface area contributed by atoms with Gasteiger partial charge in [0.2, 0.25) is 5.89 Å². The van der Waals surface area contributed by atoms with E-state index in [9.17, 15) is 5.11 Å². The van der Waals surface area contributed by atoms with E-state index in [1.165, 1.54) is 0 Å². The Kier molecular flexibility index (Phi) is 5.45. The van der Waals surface area contributed by atoms with Crippen molar-refractivity contribution in [3.8, 4) is 23.0 Å². The third-order valence-electron chi connectivity index (χ3n) is 5.50. The average Bonchev–Trinajstić information content (AvgIpc) is 3.09. The van der Waals surface area contributed by atoms with Crippen molar-refractivity contribution >= 4 is 5.69 Å². The highest BCUT2D eigenvalue weighted by molar-refractivity contribution is 5.58. The lowest BCUT2D eigenvalue weighted by atomic mass is 10.1. The van der Waals surface area contributed by atoms with Crippen molar-refractivity contribution in [2.75, 3.05) is 38.2 Å². The number of hydrogen-bond acceptors (Lipinski definition) is 6. The minimum absolute atomic E-state index is 0.340. The largest absolute Gasteiger partial charge is 0.506 e. The number of aromatic nitrogens is 1. The molecule has 0 saturated carbocycles. The van der Waals surface area contributed by atoms with E-state index in [2.05, 4.69) is 9.80 Å². The first-order valence-electron chi connectivity index (χ1n) is 9.92. The molecule has 6 heteroatoms. The number of phenolic OH excluding ortho intramolecular Hbond substituents is 1. The van der Waals surface area contributed by atoms with Gasteiger partial charge in [0.05, 0.1) is 18.5 Å². The van der Waals surface area contributed by atoms with Crippen molar-refractivity contribution in [1.29, 1.82) is 0 Å². The van der Waals surface area contributed by atoms with Crippen molar-refractivity contribution in [3.05, 3.63) is 59.5 Å². The second-order valence-electron chi connectivity index (χ2n) is 7.46. The van der Waals surface area contributed by atoms with Crippen LogP contribution in [0.5, 0.6) is 11.5 Å². The molecule has 1 aromatic heterocycles. The van der Waals surface area contributed by atoms with Gasteiger partial charge in [0, 0.05) is 38.3 Å². The predicted molar refractivity (Wildman–Crippen MR) is 114 cm³/mol. The van der Waals surface area contributed by atoms with E-state index in [4.69, 9.17) is 14.1 Å². The maximum Gasteiger partial charge on any atom is 0.226 e. The van der Waals surface area contributed by atoms with Crippen molar-refractivity contribution in [2.24, 2.45) is 0 Å². The molecule has 152 valence electrons. The fourth-order valence-electron chi connectivity index (χ4n) is 3.80. The van der Waals surface area contributed by atoms with Gasteiger partial charge in [-0.25, -0.2) is 4.98 Å². The van der Waals surface area contributed by atoms with Crippen molar-refractivity contribution < 1.29 is 14.3 Å². The molecule has 0 aliphatic carbocycles. The zero-order chi connectivity index (χ0) is 20.4. The van der Waals surface area contributed by atoms with Crippen LogP contribution in [0.4, 0.5) is 5.69 Å². The van der Waals surface area contributed by atoms with Gasteiger partial charge in [-0.05, 0) is 49.7 Å². The molecular formula is C23H27N3O3. The Bertz CT molecular complexity index is 991. The number of rotatable bonds is 5. The van der Waals surface area contributed by atoms with Crippen LogP contribution in [0.2, 0.25) is 0 Å². The molecule has 0 radical (unpaired) electrons. The van der Waals surface area contributed by atoms with Crippen LogP contribution >= 0.6 is 0 Å². The quantitative estimate of drug-likeness (QED) is 0.707. The maximum atomic E-state index is 10.1. The first-order valence-corrected chi connectivity index (χ1v) is 9.92. The average molecular weight is 393 g/mol. The van der Waals surface area contributed by atoms with Crippen LogP contribution in [-0.4, -0.2) is 48.3 Å². The molecule has 4 rings (SSSR count). The summed E-state index contributed by atoms with van der Waals surface area (Å²) in [6.07, 6.45) is 0. The number of aromatic hydroxyl groups is 1. The molecule has 0 amide bonds. The molecule has 3 aromatic rings. The van der Waals surface area contributed by atoms with E-state index in [-0.39, 0.29) is 0 Å². The monoisotopic (exact) mass is 393 g/mol. The first-order chi connectivity index (χ1) is 14.0. The summed E-state index contributed by atoms with van der Waals surface area (Å²) in [5.41, 5.74) is 3.90. The summed E-state index contributed by atoms with van der Waals surface area (Å²) in [7, 11) is 1.67. The summed E-state index contributed by atoms with van der Waals surface area (Å²) in [5, 5.41) is 10.1. The van der Waals surface area contributed by atoms with E-state index in [1.807, 2.05) is 50.2 Å². The Morgan fingerprint density at radius 1 is 1.07 bits per heavy atom. The van der Waals surface area contributed by atoms with Gasteiger partial charge in [0.1, 0.15) is 17.3 Å². The maximum absolute atomic E-state index is 10.1. The Morgan fingerprint density at radius 2 is 1.83 bits per heavy atom. The number of piperazine rings is 1. The number of methoxy groups -OCH3 is 1. The Hall–Kier alpha value is -2.99. The standard InChI is InChI=1S/C23H27N3O3/c1-16-14-18(8-9-22(16)28-3)23-24-19(17(2)29-23)15-25-10-12-26(13-11-25)20-6-4-5-7-21(20)27/h4-9,14,27H,10-13,15H2,1-3H3. The molecule has 1 fully saturated rings. The van der Waals surface area contributed by atoms with Crippen LogP contribution in [0.1, 0.15) is 17.0 Å². The summed E-state index contributed by atoms with van der Waals surface area (Å²) in [4.78, 5) is 9.37. The zero-order valence-electron chi connectivity index (χ0n) is 17.2. The minimum atomic E-state index is 0.340. The summed E-state index contributed by atoms with van der Waals surface area (Å²) in [6, 6.07) is 13.5. The van der Waals surface area contributed by atoms with E-state index in [1.54, 1.807) is 13.2 Å². The molecule has 1 aliphatic heterocycles. The van der Waals surface area contributed by atoms with E-state index >= 15 is 0 Å². The molecule has 0 atom stereocenters. The lowest BCUT2D eigenvalue weighted by molar-refractivity contribution is 0.245. The van der Waals surface area contributed by atoms with Crippen LogP contribution in [0.25, 0.3) is 11.5 Å². The molecule has 29 heavy (non-hydrogen) atoms. The fourth-order valence-corrected chi connectivity index (χ4v) is 3.80. The van der Waals surface area contributed by atoms with Crippen LogP contribution in [0.3, 0.4) is 0 Å². The van der Waals surface area contributed by atoms with Gasteiger partial charge in [-0.1, -0.05) is 12.1 Å². The number of phenols is 1. The summed E-state index contributed by atoms with van der Waals surface area (Å²) in [5.74, 6) is 2.71. The normalized spacial score (nSPS) is 14.9. The first kappa shape index (κ1) is 19.3. The van der Waals surface area contributed by atoms with Crippen LogP contribution in [0, 0.1) is 13.8 Å². The fraction of sp³-hybridized carbons (Fsp3) is 0.348. The highest BCUT2D eigenvalue weighted by atomic mass is 16.5. The Labute approximate surface area is 171 Å². The lowest BCUT2D eigenvalue weighted by Gasteiger charge is -2.36. The van der Waals surface area contributed by atoms with E-state index in [0.717, 1.165) is 66.7 Å². The molecule has 6 nitrogen and oxygen atoms in total. The molecule has 1 aliphatic rings. The highest BCUT2D eigenvalue weighted by Gasteiger charge is 2.21. The van der Waals surface area contributed by atoms with Crippen molar-refractivity contribution in [2.45, 2.75) is 20.4 Å². The number of oxazole rings is 1.